The number of benzene rings is 2. The molecule has 0 unspecified atom stereocenters. The number of nitrogens with one attached hydrogen (secondary N) is 1. The molecule has 34 heavy (non-hydrogen) atoms. The number of aryl methyl sites for hydroxylation is 2. The van der Waals surface area contributed by atoms with Crippen LogP contribution < -0.4 is 20.2 Å². The fourth-order valence-electron chi connectivity index (χ4n) is 4.60. The van der Waals surface area contributed by atoms with Crippen molar-refractivity contribution in [3.05, 3.63) is 62.5 Å². The highest BCUT2D eigenvalue weighted by Gasteiger charge is 2.41. The topological polar surface area (TPSA) is 66.9 Å². The fourth-order valence-corrected chi connectivity index (χ4v) is 4.60. The first-order valence-corrected chi connectivity index (χ1v) is 11.5. The van der Waals surface area contributed by atoms with Gasteiger partial charge in [-0.25, -0.2) is 0 Å². The van der Waals surface area contributed by atoms with Crippen LogP contribution in [0.25, 0.3) is 11.0 Å². The number of hydrogen-bond donors (Lipinski definition) is 1. The zero-order valence-corrected chi connectivity index (χ0v) is 19.5. The highest BCUT2D eigenvalue weighted by atomic mass is 19.4. The van der Waals surface area contributed by atoms with Crippen molar-refractivity contribution in [1.82, 2.24) is 0 Å². The van der Waals surface area contributed by atoms with Gasteiger partial charge in [-0.3, -0.25) is 4.79 Å². The molecule has 8 heteroatoms. The predicted octanol–water partition coefficient (Wildman–Crippen LogP) is 4.56. The van der Waals surface area contributed by atoms with Gasteiger partial charge in [0, 0.05) is 5.56 Å². The number of alkyl halides is 3. The molecule has 0 spiro atoms. The summed E-state index contributed by atoms with van der Waals surface area (Å²) in [7, 11) is 0. The van der Waals surface area contributed by atoms with Crippen molar-refractivity contribution in [2.45, 2.75) is 59.2 Å². The molecule has 1 aromatic heterocycles. The summed E-state index contributed by atoms with van der Waals surface area (Å²) in [6.45, 7) is 7.17. The normalized spacial score (nSPS) is 15.5. The molecule has 4 rings (SSSR count). The smallest absolute Gasteiger partial charge is 0.453 e. The van der Waals surface area contributed by atoms with E-state index in [1.165, 1.54) is 12.1 Å². The molecule has 1 aliphatic heterocycles. The molecule has 2 aromatic carbocycles. The number of halogens is 3. The minimum absolute atomic E-state index is 0.0890. The molecule has 1 fully saturated rings. The Hall–Kier alpha value is -3.00. The zero-order valence-electron chi connectivity index (χ0n) is 19.5. The Morgan fingerprint density at radius 2 is 1.74 bits per heavy atom. The number of rotatable bonds is 4. The van der Waals surface area contributed by atoms with Gasteiger partial charge in [0.15, 0.2) is 0 Å². The highest BCUT2D eigenvalue weighted by Crippen LogP contribution is 2.40. The second-order valence-corrected chi connectivity index (χ2v) is 9.15. The molecular formula is C26H28F3NO4. The molecule has 0 aliphatic carbocycles. The average molecular weight is 476 g/mol. The lowest BCUT2D eigenvalue weighted by Crippen LogP contribution is -3.10. The van der Waals surface area contributed by atoms with Crippen molar-refractivity contribution < 1.29 is 32.3 Å². The van der Waals surface area contributed by atoms with E-state index in [2.05, 4.69) is 0 Å². The van der Waals surface area contributed by atoms with Gasteiger partial charge in [-0.05, 0) is 75.3 Å². The van der Waals surface area contributed by atoms with E-state index in [1.807, 2.05) is 13.0 Å². The van der Waals surface area contributed by atoms with E-state index in [0.29, 0.717) is 5.56 Å². The number of ether oxygens (including phenoxy) is 1. The van der Waals surface area contributed by atoms with Crippen LogP contribution in [0.4, 0.5) is 13.2 Å². The first-order valence-electron chi connectivity index (χ1n) is 11.5. The van der Waals surface area contributed by atoms with Crippen molar-refractivity contribution >= 4 is 11.0 Å². The molecule has 0 bridgehead atoms. The fraction of sp³-hybridized carbons (Fsp3) is 0.423. The Labute approximate surface area is 195 Å². The second-order valence-electron chi connectivity index (χ2n) is 9.15. The van der Waals surface area contributed by atoms with Crippen LogP contribution >= 0.6 is 0 Å². The predicted molar refractivity (Wildman–Crippen MR) is 121 cm³/mol. The van der Waals surface area contributed by atoms with Crippen molar-refractivity contribution in [1.29, 1.82) is 0 Å². The monoisotopic (exact) mass is 475 g/mol. The third-order valence-electron chi connectivity index (χ3n) is 6.55. The number of fused-ring (bicyclic) bond motifs is 1. The Kier molecular flexibility index (Phi) is 6.62. The summed E-state index contributed by atoms with van der Waals surface area (Å²) in [5, 5.41) is 12.6. The molecule has 5 nitrogen and oxygen atoms in total. The summed E-state index contributed by atoms with van der Waals surface area (Å²) >= 11 is 0. The van der Waals surface area contributed by atoms with Gasteiger partial charge in [0.25, 0.3) is 5.76 Å². The van der Waals surface area contributed by atoms with Crippen LogP contribution in [0.15, 0.2) is 33.5 Å². The minimum Gasteiger partial charge on any atom is -0.872 e. The van der Waals surface area contributed by atoms with Gasteiger partial charge in [0.2, 0.25) is 11.2 Å². The Morgan fingerprint density at radius 3 is 2.38 bits per heavy atom. The molecule has 3 aromatic rings. The molecule has 0 saturated carbocycles. The van der Waals surface area contributed by atoms with E-state index in [4.69, 9.17) is 9.15 Å². The largest absolute Gasteiger partial charge is 0.872 e. The van der Waals surface area contributed by atoms with Gasteiger partial charge in [-0.1, -0.05) is 17.9 Å². The van der Waals surface area contributed by atoms with E-state index < -0.39 is 28.9 Å². The number of hydrogen-bond acceptors (Lipinski definition) is 4. The summed E-state index contributed by atoms with van der Waals surface area (Å²) < 4.78 is 53.1. The third kappa shape index (κ3) is 4.78. The van der Waals surface area contributed by atoms with Crippen molar-refractivity contribution in [3.8, 4) is 17.2 Å². The van der Waals surface area contributed by atoms with E-state index in [1.54, 1.807) is 19.9 Å². The second kappa shape index (κ2) is 9.33. The Morgan fingerprint density at radius 1 is 1.06 bits per heavy atom. The van der Waals surface area contributed by atoms with Crippen molar-refractivity contribution in [2.75, 3.05) is 13.1 Å². The zero-order chi connectivity index (χ0) is 24.6. The average Bonchev–Trinajstić information content (AvgIpc) is 3.03. The molecule has 1 N–H and O–H groups in total. The molecular weight excluding hydrogens is 447 g/mol. The first kappa shape index (κ1) is 24.1. The van der Waals surface area contributed by atoms with Crippen LogP contribution in [-0.2, 0) is 12.7 Å². The molecule has 0 radical (unpaired) electrons. The van der Waals surface area contributed by atoms with Crippen LogP contribution in [0.2, 0.25) is 0 Å². The molecule has 0 amide bonds. The Bertz CT molecular complexity index is 1270. The van der Waals surface area contributed by atoms with Crippen LogP contribution in [-0.4, -0.2) is 13.1 Å². The Balaban J connectivity index is 1.89. The molecule has 1 saturated heterocycles. The summed E-state index contributed by atoms with van der Waals surface area (Å²) in [6.07, 6.45) is -0.829. The van der Waals surface area contributed by atoms with Crippen molar-refractivity contribution in [2.24, 2.45) is 0 Å². The van der Waals surface area contributed by atoms with Gasteiger partial charge in [-0.2, -0.15) is 13.2 Å². The minimum atomic E-state index is -4.99. The van der Waals surface area contributed by atoms with Gasteiger partial charge in [-0.15, -0.1) is 0 Å². The SMILES string of the molecule is Cc1cc(C)c(C)c(Oc2c(C(F)(F)F)oc3c(C[NH+]4CCCCCC4)c([O-])ccc3c2=O)c1. The molecule has 0 atom stereocenters. The standard InChI is InChI=1S/C26H28F3NO4/c1-15-12-16(2)17(3)21(13-15)33-24-22(32)18-8-9-20(31)19(14-30-10-6-4-5-7-11-30)23(18)34-25(24)26(27,28)29/h8-9,12-13,31H,4-7,10-11,14H2,1-3H3. The van der Waals surface area contributed by atoms with Crippen LogP contribution in [0.3, 0.4) is 0 Å². The first-order chi connectivity index (χ1) is 16.1. The van der Waals surface area contributed by atoms with Gasteiger partial charge >= 0.3 is 6.18 Å². The summed E-state index contributed by atoms with van der Waals surface area (Å²) in [5.41, 5.74) is 1.10. The van der Waals surface area contributed by atoms with Gasteiger partial charge in [0.05, 0.1) is 18.5 Å². The van der Waals surface area contributed by atoms with Gasteiger partial charge < -0.3 is 19.2 Å². The molecule has 1 aliphatic rings. The molecule has 182 valence electrons. The van der Waals surface area contributed by atoms with Crippen LogP contribution in [0.1, 0.15) is 53.7 Å². The number of likely N-dealkylation sites (tertiary alicyclic amines) is 1. The summed E-state index contributed by atoms with van der Waals surface area (Å²) in [5.74, 6) is -2.72. The maximum absolute atomic E-state index is 14.1. The van der Waals surface area contributed by atoms with E-state index in [-0.39, 0.29) is 28.8 Å². The quantitative estimate of drug-likeness (QED) is 0.601. The van der Waals surface area contributed by atoms with Crippen LogP contribution in [0.5, 0.6) is 17.2 Å². The molecule has 2 heterocycles. The third-order valence-corrected chi connectivity index (χ3v) is 6.55. The van der Waals surface area contributed by atoms with E-state index in [0.717, 1.165) is 54.8 Å². The number of quaternary nitrogens is 1. The maximum atomic E-state index is 14.1. The summed E-state index contributed by atoms with van der Waals surface area (Å²) in [6, 6.07) is 5.92. The summed E-state index contributed by atoms with van der Waals surface area (Å²) in [4.78, 5) is 14.4. The maximum Gasteiger partial charge on any atom is 0.453 e. The van der Waals surface area contributed by atoms with E-state index >= 15 is 0 Å². The van der Waals surface area contributed by atoms with Crippen molar-refractivity contribution in [3.63, 3.8) is 0 Å². The lowest BCUT2D eigenvalue weighted by Gasteiger charge is -2.22. The van der Waals surface area contributed by atoms with Crippen LogP contribution in [0, 0.1) is 20.8 Å². The van der Waals surface area contributed by atoms with E-state index in [9.17, 15) is 23.1 Å². The van der Waals surface area contributed by atoms with Gasteiger partial charge in [0.1, 0.15) is 17.9 Å². The lowest BCUT2D eigenvalue weighted by molar-refractivity contribution is -0.913. The highest BCUT2D eigenvalue weighted by molar-refractivity contribution is 5.83. The lowest BCUT2D eigenvalue weighted by atomic mass is 10.1.